The van der Waals surface area contributed by atoms with E-state index in [0.29, 0.717) is 0 Å². The first-order valence-electron chi connectivity index (χ1n) is 5.72. The van der Waals surface area contributed by atoms with Crippen LogP contribution in [0.2, 0.25) is 0 Å². The summed E-state index contributed by atoms with van der Waals surface area (Å²) in [6, 6.07) is 10.4. The van der Waals surface area contributed by atoms with Gasteiger partial charge in [0.2, 0.25) is 0 Å². The van der Waals surface area contributed by atoms with Crippen LogP contribution in [0.3, 0.4) is 0 Å². The van der Waals surface area contributed by atoms with Gasteiger partial charge >= 0.3 is 0 Å². The van der Waals surface area contributed by atoms with Gasteiger partial charge in [0.15, 0.2) is 0 Å². The molecule has 0 atom stereocenters. The van der Waals surface area contributed by atoms with Crippen LogP contribution in [0.15, 0.2) is 72.4 Å². The summed E-state index contributed by atoms with van der Waals surface area (Å²) in [5, 5.41) is 0. The zero-order valence-electron chi connectivity index (χ0n) is 9.34. The molecular formula is C16H16. The topological polar surface area (TPSA) is 0 Å². The Morgan fingerprint density at radius 2 is 1.75 bits per heavy atom. The minimum absolute atomic E-state index is 1.12. The van der Waals surface area contributed by atoms with Gasteiger partial charge in [-0.3, -0.25) is 0 Å². The van der Waals surface area contributed by atoms with Gasteiger partial charge in [0.25, 0.3) is 0 Å². The fourth-order valence-corrected chi connectivity index (χ4v) is 1.64. The zero-order valence-corrected chi connectivity index (χ0v) is 9.34. The highest BCUT2D eigenvalue weighted by atomic mass is 13.9. The molecule has 0 aromatic heterocycles. The van der Waals surface area contributed by atoms with E-state index in [4.69, 9.17) is 0 Å². The molecule has 1 aliphatic carbocycles. The van der Waals surface area contributed by atoms with Crippen molar-refractivity contribution in [3.05, 3.63) is 77.9 Å². The minimum atomic E-state index is 1.12. The monoisotopic (exact) mass is 208 g/mol. The summed E-state index contributed by atoms with van der Waals surface area (Å²) in [6.45, 7) is 0. The standard InChI is InChI=1S/C16H16/c1-2-5-9-15(10-6-3-1)13-14-16-11-7-4-8-12-16/h1-2,4-5,7-14H,3,6H2/b2-1?,9-5-,14-13+,15-10+. The van der Waals surface area contributed by atoms with E-state index in [1.165, 1.54) is 11.1 Å². The molecule has 0 nitrogen and oxygen atoms in total. The molecule has 80 valence electrons. The van der Waals surface area contributed by atoms with Crippen molar-refractivity contribution in [2.24, 2.45) is 0 Å². The molecule has 0 spiro atoms. The van der Waals surface area contributed by atoms with Gasteiger partial charge in [0, 0.05) is 0 Å². The van der Waals surface area contributed by atoms with Gasteiger partial charge in [-0.15, -0.1) is 0 Å². The normalized spacial score (nSPS) is 21.1. The molecule has 1 aromatic rings. The predicted molar refractivity (Wildman–Crippen MR) is 71.1 cm³/mol. The van der Waals surface area contributed by atoms with Crippen LogP contribution in [0.5, 0.6) is 0 Å². The second kappa shape index (κ2) is 5.92. The lowest BCUT2D eigenvalue weighted by atomic mass is 10.1. The molecule has 0 saturated carbocycles. The molecule has 0 N–H and O–H groups in total. The second-order valence-electron chi connectivity index (χ2n) is 3.81. The first kappa shape index (κ1) is 10.7. The number of hydrogen-bond donors (Lipinski definition) is 0. The van der Waals surface area contributed by atoms with Crippen LogP contribution in [-0.2, 0) is 0 Å². The van der Waals surface area contributed by atoms with Crippen LogP contribution < -0.4 is 0 Å². The first-order chi connectivity index (χ1) is 7.95. The molecule has 0 amide bonds. The molecule has 0 bridgehead atoms. The Kier molecular flexibility index (Phi) is 3.95. The van der Waals surface area contributed by atoms with Gasteiger partial charge in [-0.05, 0) is 24.0 Å². The molecule has 1 aliphatic rings. The maximum atomic E-state index is 2.28. The van der Waals surface area contributed by atoms with Gasteiger partial charge < -0.3 is 0 Å². The van der Waals surface area contributed by atoms with Gasteiger partial charge in [-0.1, -0.05) is 72.9 Å². The van der Waals surface area contributed by atoms with Crippen LogP contribution in [0.4, 0.5) is 0 Å². The van der Waals surface area contributed by atoms with E-state index < -0.39 is 0 Å². The Balaban J connectivity index is 2.09. The fraction of sp³-hybridized carbons (Fsp3) is 0.125. The lowest BCUT2D eigenvalue weighted by Gasteiger charge is -1.97. The van der Waals surface area contributed by atoms with Crippen molar-refractivity contribution >= 4 is 6.08 Å². The lowest BCUT2D eigenvalue weighted by molar-refractivity contribution is 1.04. The molecule has 2 rings (SSSR count). The van der Waals surface area contributed by atoms with Crippen molar-refractivity contribution in [1.29, 1.82) is 0 Å². The van der Waals surface area contributed by atoms with E-state index in [1.54, 1.807) is 0 Å². The van der Waals surface area contributed by atoms with Gasteiger partial charge in [0.05, 0.1) is 0 Å². The van der Waals surface area contributed by atoms with Crippen molar-refractivity contribution in [1.82, 2.24) is 0 Å². The average Bonchev–Trinajstić information content (AvgIpc) is 2.29. The summed E-state index contributed by atoms with van der Waals surface area (Å²) in [7, 11) is 0. The number of hydrogen-bond acceptors (Lipinski definition) is 0. The van der Waals surface area contributed by atoms with E-state index in [1.807, 2.05) is 6.07 Å². The van der Waals surface area contributed by atoms with Crippen molar-refractivity contribution in [2.45, 2.75) is 12.8 Å². The molecule has 16 heavy (non-hydrogen) atoms. The predicted octanol–water partition coefficient (Wildman–Crippen LogP) is 4.53. The van der Waals surface area contributed by atoms with Crippen molar-refractivity contribution in [2.75, 3.05) is 0 Å². The van der Waals surface area contributed by atoms with Gasteiger partial charge in [-0.25, -0.2) is 0 Å². The molecule has 0 fully saturated rings. The Labute approximate surface area is 97.3 Å². The summed E-state index contributed by atoms with van der Waals surface area (Å²) in [5.74, 6) is 0. The Morgan fingerprint density at radius 1 is 0.875 bits per heavy atom. The minimum Gasteiger partial charge on any atom is -0.0842 e. The number of rotatable bonds is 2. The van der Waals surface area contributed by atoms with E-state index in [-0.39, 0.29) is 0 Å². The highest BCUT2D eigenvalue weighted by molar-refractivity contribution is 5.54. The van der Waals surface area contributed by atoms with E-state index >= 15 is 0 Å². The molecule has 0 saturated heterocycles. The van der Waals surface area contributed by atoms with Crippen LogP contribution >= 0.6 is 0 Å². The Hall–Kier alpha value is -1.82. The van der Waals surface area contributed by atoms with E-state index in [2.05, 4.69) is 66.8 Å². The summed E-state index contributed by atoms with van der Waals surface area (Å²) < 4.78 is 0. The summed E-state index contributed by atoms with van der Waals surface area (Å²) in [4.78, 5) is 0. The smallest absolute Gasteiger partial charge is 0.0256 e. The van der Waals surface area contributed by atoms with Gasteiger partial charge in [0.1, 0.15) is 0 Å². The first-order valence-corrected chi connectivity index (χ1v) is 5.72. The quantitative estimate of drug-likeness (QED) is 0.669. The molecule has 0 aliphatic heterocycles. The zero-order chi connectivity index (χ0) is 11.1. The highest BCUT2D eigenvalue weighted by Crippen LogP contribution is 2.10. The molecular weight excluding hydrogens is 192 g/mol. The van der Waals surface area contributed by atoms with Gasteiger partial charge in [-0.2, -0.15) is 0 Å². The van der Waals surface area contributed by atoms with Crippen LogP contribution in [0.1, 0.15) is 18.4 Å². The summed E-state index contributed by atoms with van der Waals surface area (Å²) >= 11 is 0. The van der Waals surface area contributed by atoms with Crippen LogP contribution in [0.25, 0.3) is 6.08 Å². The number of allylic oxidation sites excluding steroid dienone is 7. The Morgan fingerprint density at radius 3 is 2.62 bits per heavy atom. The summed E-state index contributed by atoms with van der Waals surface area (Å²) in [5.41, 5.74) is 2.53. The summed E-state index contributed by atoms with van der Waals surface area (Å²) in [6.07, 6.45) is 17.4. The van der Waals surface area contributed by atoms with Crippen LogP contribution in [-0.4, -0.2) is 0 Å². The van der Waals surface area contributed by atoms with Crippen molar-refractivity contribution in [3.63, 3.8) is 0 Å². The van der Waals surface area contributed by atoms with Crippen LogP contribution in [0, 0.1) is 0 Å². The lowest BCUT2D eigenvalue weighted by Crippen LogP contribution is -1.77. The second-order valence-corrected chi connectivity index (χ2v) is 3.81. The van der Waals surface area contributed by atoms with Crippen molar-refractivity contribution < 1.29 is 0 Å². The van der Waals surface area contributed by atoms with E-state index in [0.717, 1.165) is 12.8 Å². The molecule has 1 aromatic carbocycles. The largest absolute Gasteiger partial charge is 0.0842 e. The Bertz CT molecular complexity index is 430. The third-order valence-corrected chi connectivity index (χ3v) is 2.52. The number of benzene rings is 1. The molecule has 0 heterocycles. The maximum absolute atomic E-state index is 2.28. The molecule has 0 radical (unpaired) electrons. The van der Waals surface area contributed by atoms with Crippen molar-refractivity contribution in [3.8, 4) is 0 Å². The SMILES string of the molecule is C1=CCC/C=C(/C=C/c2ccccc2)\C=C/1. The highest BCUT2D eigenvalue weighted by Gasteiger charge is 1.89. The van der Waals surface area contributed by atoms with E-state index in [9.17, 15) is 0 Å². The average molecular weight is 208 g/mol. The third kappa shape index (κ3) is 3.39. The molecule has 0 unspecified atom stereocenters. The third-order valence-electron chi connectivity index (χ3n) is 2.52. The fourth-order valence-electron chi connectivity index (χ4n) is 1.64. The maximum Gasteiger partial charge on any atom is -0.0256 e. The molecule has 0 heteroatoms.